The number of hydrogen-bond donors (Lipinski definition) is 2. The number of rotatable bonds is 4. The van der Waals surface area contributed by atoms with E-state index < -0.39 is 0 Å². The lowest BCUT2D eigenvalue weighted by Crippen LogP contribution is -2.23. The molecule has 23 heavy (non-hydrogen) atoms. The number of thioether (sulfide) groups is 1. The Labute approximate surface area is 140 Å². The SMILES string of the molecule is NC(=NN=Cc1ccc2c(c1)CCNC2)SCc1ccccc1. The van der Waals surface area contributed by atoms with Crippen LogP contribution in [0.1, 0.15) is 22.3 Å². The van der Waals surface area contributed by atoms with Crippen LogP contribution in [0.2, 0.25) is 0 Å². The zero-order chi connectivity index (χ0) is 15.9. The first-order valence-electron chi connectivity index (χ1n) is 7.67. The molecule has 0 saturated heterocycles. The third-order valence-corrected chi connectivity index (χ3v) is 4.56. The first kappa shape index (κ1) is 15.8. The molecule has 0 aliphatic carbocycles. The van der Waals surface area contributed by atoms with Crippen LogP contribution in [0.15, 0.2) is 58.7 Å². The van der Waals surface area contributed by atoms with Crippen LogP contribution in [0, 0.1) is 0 Å². The second kappa shape index (κ2) is 7.94. The Hall–Kier alpha value is -2.11. The van der Waals surface area contributed by atoms with E-state index in [1.54, 1.807) is 6.21 Å². The van der Waals surface area contributed by atoms with Gasteiger partial charge in [-0.05, 0) is 41.3 Å². The smallest absolute Gasteiger partial charge is 0.180 e. The van der Waals surface area contributed by atoms with Gasteiger partial charge in [0.1, 0.15) is 0 Å². The Bertz CT molecular complexity index is 710. The highest BCUT2D eigenvalue weighted by atomic mass is 32.2. The Morgan fingerprint density at radius 3 is 2.91 bits per heavy atom. The van der Waals surface area contributed by atoms with Gasteiger partial charge in [-0.1, -0.05) is 54.2 Å². The Morgan fingerprint density at radius 2 is 2.04 bits per heavy atom. The molecule has 0 unspecified atom stereocenters. The quantitative estimate of drug-likeness (QED) is 0.516. The fourth-order valence-corrected chi connectivity index (χ4v) is 3.10. The number of nitrogens with two attached hydrogens (primary N) is 1. The minimum absolute atomic E-state index is 0.479. The molecule has 0 bridgehead atoms. The Kier molecular flexibility index (Phi) is 5.45. The van der Waals surface area contributed by atoms with Crippen molar-refractivity contribution in [1.29, 1.82) is 0 Å². The van der Waals surface area contributed by atoms with E-state index in [-0.39, 0.29) is 0 Å². The summed E-state index contributed by atoms with van der Waals surface area (Å²) in [6, 6.07) is 16.6. The van der Waals surface area contributed by atoms with Crippen molar-refractivity contribution in [3.8, 4) is 0 Å². The lowest BCUT2D eigenvalue weighted by atomic mass is 9.99. The molecular formula is C18H20N4S. The van der Waals surface area contributed by atoms with Gasteiger partial charge in [0, 0.05) is 12.3 Å². The van der Waals surface area contributed by atoms with Gasteiger partial charge in [-0.25, -0.2) is 0 Å². The molecule has 4 nitrogen and oxygen atoms in total. The zero-order valence-corrected chi connectivity index (χ0v) is 13.7. The van der Waals surface area contributed by atoms with Crippen molar-refractivity contribution in [2.75, 3.05) is 6.54 Å². The largest absolute Gasteiger partial charge is 0.377 e. The molecule has 118 valence electrons. The molecule has 5 heteroatoms. The maximum Gasteiger partial charge on any atom is 0.180 e. The van der Waals surface area contributed by atoms with E-state index in [0.717, 1.165) is 30.8 Å². The number of hydrogen-bond acceptors (Lipinski definition) is 4. The molecular weight excluding hydrogens is 304 g/mol. The molecule has 0 radical (unpaired) electrons. The first-order valence-corrected chi connectivity index (χ1v) is 8.65. The lowest BCUT2D eigenvalue weighted by molar-refractivity contribution is 0.644. The van der Waals surface area contributed by atoms with Crippen molar-refractivity contribution in [3.05, 3.63) is 70.8 Å². The summed E-state index contributed by atoms with van der Waals surface area (Å²) < 4.78 is 0. The van der Waals surface area contributed by atoms with Crippen molar-refractivity contribution < 1.29 is 0 Å². The highest BCUT2D eigenvalue weighted by Gasteiger charge is 2.07. The summed E-state index contributed by atoms with van der Waals surface area (Å²) in [6.45, 7) is 1.99. The summed E-state index contributed by atoms with van der Waals surface area (Å²) in [5.74, 6) is 0.803. The van der Waals surface area contributed by atoms with Crippen LogP contribution in [0.4, 0.5) is 0 Å². The normalized spacial score (nSPS) is 14.9. The highest BCUT2D eigenvalue weighted by molar-refractivity contribution is 8.13. The maximum atomic E-state index is 5.89. The molecule has 1 aliphatic rings. The van der Waals surface area contributed by atoms with E-state index >= 15 is 0 Å². The summed E-state index contributed by atoms with van der Waals surface area (Å²) in [7, 11) is 0. The summed E-state index contributed by atoms with van der Waals surface area (Å²) >= 11 is 1.49. The van der Waals surface area contributed by atoms with E-state index in [9.17, 15) is 0 Å². The lowest BCUT2D eigenvalue weighted by Gasteiger charge is -2.16. The molecule has 0 spiro atoms. The fourth-order valence-electron chi connectivity index (χ4n) is 2.49. The van der Waals surface area contributed by atoms with Crippen LogP contribution in [-0.2, 0) is 18.7 Å². The molecule has 3 N–H and O–H groups in total. The van der Waals surface area contributed by atoms with Gasteiger partial charge in [0.25, 0.3) is 0 Å². The topological polar surface area (TPSA) is 62.8 Å². The van der Waals surface area contributed by atoms with Crippen LogP contribution >= 0.6 is 11.8 Å². The molecule has 0 amide bonds. The summed E-state index contributed by atoms with van der Waals surface area (Å²) in [5.41, 5.74) is 10.9. The summed E-state index contributed by atoms with van der Waals surface area (Å²) in [4.78, 5) is 0. The molecule has 0 atom stereocenters. The van der Waals surface area contributed by atoms with Crippen molar-refractivity contribution in [3.63, 3.8) is 0 Å². The molecule has 0 saturated carbocycles. The Morgan fingerprint density at radius 1 is 1.17 bits per heavy atom. The minimum atomic E-state index is 0.479. The number of benzene rings is 2. The van der Waals surface area contributed by atoms with Crippen molar-refractivity contribution in [2.45, 2.75) is 18.7 Å². The molecule has 0 aromatic heterocycles. The second-order valence-corrected chi connectivity index (χ2v) is 6.41. The monoisotopic (exact) mass is 324 g/mol. The van der Waals surface area contributed by atoms with Crippen molar-refractivity contribution in [2.24, 2.45) is 15.9 Å². The average molecular weight is 324 g/mol. The third-order valence-electron chi connectivity index (χ3n) is 3.71. The van der Waals surface area contributed by atoms with Crippen LogP contribution in [0.5, 0.6) is 0 Å². The number of fused-ring (bicyclic) bond motifs is 1. The van der Waals surface area contributed by atoms with Gasteiger partial charge >= 0.3 is 0 Å². The van der Waals surface area contributed by atoms with E-state index in [1.807, 2.05) is 18.2 Å². The van der Waals surface area contributed by atoms with E-state index in [1.165, 1.54) is 28.5 Å². The van der Waals surface area contributed by atoms with Gasteiger partial charge in [-0.15, -0.1) is 5.10 Å². The van der Waals surface area contributed by atoms with Crippen molar-refractivity contribution >= 4 is 23.1 Å². The van der Waals surface area contributed by atoms with E-state index in [4.69, 9.17) is 5.73 Å². The second-order valence-electron chi connectivity index (χ2n) is 5.41. The van der Waals surface area contributed by atoms with E-state index in [0.29, 0.717) is 5.17 Å². The predicted octanol–water partition coefficient (Wildman–Crippen LogP) is 2.91. The minimum Gasteiger partial charge on any atom is -0.377 e. The molecule has 3 rings (SSSR count). The molecule has 1 aliphatic heterocycles. The summed E-state index contributed by atoms with van der Waals surface area (Å²) in [6.07, 6.45) is 2.83. The number of amidine groups is 1. The van der Waals surface area contributed by atoms with Crippen LogP contribution in [0.25, 0.3) is 0 Å². The average Bonchev–Trinajstić information content (AvgIpc) is 2.61. The van der Waals surface area contributed by atoms with Gasteiger partial charge in [-0.2, -0.15) is 5.10 Å². The predicted molar refractivity (Wildman–Crippen MR) is 98.8 cm³/mol. The van der Waals surface area contributed by atoms with Crippen LogP contribution in [-0.4, -0.2) is 17.9 Å². The number of nitrogens with one attached hydrogen (secondary N) is 1. The fraction of sp³-hybridized carbons (Fsp3) is 0.222. The zero-order valence-electron chi connectivity index (χ0n) is 12.9. The Balaban J connectivity index is 1.57. The maximum absolute atomic E-state index is 5.89. The molecule has 2 aromatic carbocycles. The van der Waals surface area contributed by atoms with E-state index in [2.05, 4.69) is 45.9 Å². The van der Waals surface area contributed by atoms with Gasteiger partial charge < -0.3 is 11.1 Å². The van der Waals surface area contributed by atoms with Gasteiger partial charge in [0.15, 0.2) is 5.17 Å². The molecule has 1 heterocycles. The first-order chi connectivity index (χ1) is 11.3. The standard InChI is InChI=1S/C18H20N4S/c19-18(23-13-14-4-2-1-3-5-14)22-21-11-15-6-7-17-12-20-9-8-16(17)10-15/h1-7,10-11,20H,8-9,12-13H2,(H2,19,22). The molecule has 0 fully saturated rings. The number of nitrogens with zero attached hydrogens (tertiary/aromatic N) is 2. The highest BCUT2D eigenvalue weighted by Crippen LogP contribution is 2.15. The van der Waals surface area contributed by atoms with Crippen molar-refractivity contribution in [1.82, 2.24) is 5.32 Å². The van der Waals surface area contributed by atoms with Gasteiger partial charge in [0.2, 0.25) is 0 Å². The van der Waals surface area contributed by atoms with Gasteiger partial charge in [-0.3, -0.25) is 0 Å². The van der Waals surface area contributed by atoms with Gasteiger partial charge in [0.05, 0.1) is 6.21 Å². The summed E-state index contributed by atoms with van der Waals surface area (Å²) in [5, 5.41) is 12.0. The molecule has 2 aromatic rings. The van der Waals surface area contributed by atoms with Crippen LogP contribution < -0.4 is 11.1 Å². The van der Waals surface area contributed by atoms with Crippen LogP contribution in [0.3, 0.4) is 0 Å². The third kappa shape index (κ3) is 4.68.